The molecule has 1 unspecified atom stereocenters. The second-order valence-electron chi connectivity index (χ2n) is 12.2. The fourth-order valence-corrected chi connectivity index (χ4v) is 29.3. The lowest BCUT2D eigenvalue weighted by atomic mass is 10.4. The minimum Gasteiger partial charge on any atom is -0.460 e. The van der Waals surface area contributed by atoms with Crippen molar-refractivity contribution >= 4 is 48.3 Å². The number of rotatable bonds is 20. The normalized spacial score (nSPS) is 14.8. The van der Waals surface area contributed by atoms with E-state index in [0.29, 0.717) is 6.61 Å². The van der Waals surface area contributed by atoms with Crippen molar-refractivity contribution in [3.8, 4) is 0 Å². The van der Waals surface area contributed by atoms with E-state index in [1.165, 1.54) is 18.9 Å². The van der Waals surface area contributed by atoms with Crippen LogP contribution in [0.3, 0.4) is 0 Å². The molecule has 0 aliphatic heterocycles. The lowest BCUT2D eigenvalue weighted by molar-refractivity contribution is -0.141. The Labute approximate surface area is 232 Å². The molecule has 1 atom stereocenters. The molecule has 0 heterocycles. The summed E-state index contributed by atoms with van der Waals surface area (Å²) >= 11 is 0. The number of carbonyl (C=O) groups is 1. The second kappa shape index (κ2) is 16.4. The van der Waals surface area contributed by atoms with Gasteiger partial charge in [0.05, 0.1) is 6.61 Å². The van der Waals surface area contributed by atoms with Crippen LogP contribution in [0.5, 0.6) is 0 Å². The maximum absolute atomic E-state index is 11.3. The van der Waals surface area contributed by atoms with Gasteiger partial charge in [0.15, 0.2) is 16.6 Å². The maximum Gasteiger partial charge on any atom is 0.330 e. The number of carbonyl (C=O) groups excluding carboxylic acids is 1. The highest BCUT2D eigenvalue weighted by molar-refractivity contribution is 6.90. The second-order valence-corrected chi connectivity index (χ2v) is 31.9. The number of hydrogen-bond donors (Lipinski definition) is 1. The van der Waals surface area contributed by atoms with Gasteiger partial charge < -0.3 is 31.0 Å². The minimum absolute atomic E-state index is 0.0749. The summed E-state index contributed by atoms with van der Waals surface area (Å²) < 4.78 is 37.1. The van der Waals surface area contributed by atoms with Crippen molar-refractivity contribution in [1.82, 2.24) is 0 Å². The number of allylic oxidation sites excluding steroid dienone is 1. The van der Waals surface area contributed by atoms with E-state index in [4.69, 9.17) is 25.9 Å². The van der Waals surface area contributed by atoms with E-state index in [-0.39, 0.29) is 13.2 Å². The van der Waals surface area contributed by atoms with Crippen molar-refractivity contribution in [3.63, 3.8) is 0 Å². The number of ether oxygens (including phenoxy) is 2. The van der Waals surface area contributed by atoms with Crippen molar-refractivity contribution in [2.24, 2.45) is 0 Å². The van der Waals surface area contributed by atoms with Crippen molar-refractivity contribution in [1.29, 1.82) is 0 Å². The Morgan fingerprint density at radius 3 is 1.68 bits per heavy atom. The van der Waals surface area contributed by atoms with Crippen LogP contribution in [0.25, 0.3) is 0 Å². The first-order valence-electron chi connectivity index (χ1n) is 13.6. The standard InChI is InChI=1S/C24H56O8Si5/c1-13-15-19-33(3,4)29-35(7,8)31-37(11,12)32-36(9,10)30-34(5,6)20-16-18-27-21-23(25)22-28-24(26)17-14-2/h14,17,23,25H,13,15-16,18-22H2,1-12H3. The van der Waals surface area contributed by atoms with E-state index in [0.717, 1.165) is 18.5 Å². The third-order valence-corrected chi connectivity index (χ3v) is 24.6. The van der Waals surface area contributed by atoms with Gasteiger partial charge in [-0.2, -0.15) is 0 Å². The fraction of sp³-hybridized carbons (Fsp3) is 0.875. The molecular weight excluding hydrogens is 557 g/mol. The zero-order valence-electron chi connectivity index (χ0n) is 25.7. The van der Waals surface area contributed by atoms with Crippen LogP contribution in [0, 0.1) is 0 Å². The highest BCUT2D eigenvalue weighted by atomic mass is 28.5. The smallest absolute Gasteiger partial charge is 0.330 e. The topological polar surface area (TPSA) is 92.7 Å². The van der Waals surface area contributed by atoms with Crippen LogP contribution in [-0.4, -0.2) is 79.3 Å². The van der Waals surface area contributed by atoms with Crippen LogP contribution >= 0.6 is 0 Å². The summed E-state index contributed by atoms with van der Waals surface area (Å²) in [6, 6.07) is 2.07. The molecule has 0 fully saturated rings. The van der Waals surface area contributed by atoms with Gasteiger partial charge in [-0.25, -0.2) is 4.79 Å². The first kappa shape index (κ1) is 37.1. The summed E-state index contributed by atoms with van der Waals surface area (Å²) in [4.78, 5) is 11.3. The molecular formula is C24H56O8Si5. The number of unbranched alkanes of at least 4 members (excludes halogenated alkanes) is 1. The molecule has 0 bridgehead atoms. The maximum atomic E-state index is 11.3. The number of hydrogen-bond acceptors (Lipinski definition) is 8. The van der Waals surface area contributed by atoms with Crippen molar-refractivity contribution in [3.05, 3.63) is 12.2 Å². The molecule has 0 amide bonds. The Balaban J connectivity index is 4.62. The van der Waals surface area contributed by atoms with E-state index < -0.39 is 54.4 Å². The molecule has 0 aromatic carbocycles. The van der Waals surface area contributed by atoms with Gasteiger partial charge in [-0.15, -0.1) is 0 Å². The van der Waals surface area contributed by atoms with Crippen LogP contribution in [0.15, 0.2) is 12.2 Å². The quantitative estimate of drug-likeness (QED) is 0.0746. The van der Waals surface area contributed by atoms with Crippen LogP contribution in [0.4, 0.5) is 0 Å². The first-order chi connectivity index (χ1) is 16.7. The van der Waals surface area contributed by atoms with Gasteiger partial charge in [-0.3, -0.25) is 0 Å². The van der Waals surface area contributed by atoms with E-state index in [9.17, 15) is 9.90 Å². The lowest BCUT2D eigenvalue weighted by Gasteiger charge is -2.42. The van der Waals surface area contributed by atoms with Crippen molar-refractivity contribution in [2.45, 2.75) is 117 Å². The molecule has 0 spiro atoms. The first-order valence-corrected chi connectivity index (χ1v) is 28.3. The minimum atomic E-state index is -2.46. The number of aliphatic hydroxyl groups is 1. The molecule has 8 nitrogen and oxygen atoms in total. The molecule has 0 radical (unpaired) electrons. The number of aliphatic hydroxyl groups excluding tert-OH is 1. The van der Waals surface area contributed by atoms with Gasteiger partial charge in [-0.1, -0.05) is 25.8 Å². The summed E-state index contributed by atoms with van der Waals surface area (Å²) in [6.45, 7) is 26.2. The average Bonchev–Trinajstić information content (AvgIpc) is 2.67. The molecule has 13 heteroatoms. The van der Waals surface area contributed by atoms with Gasteiger partial charge in [0.2, 0.25) is 0 Å². The average molecular weight is 613 g/mol. The summed E-state index contributed by atoms with van der Waals surface area (Å²) in [7, 11) is -11.0. The monoisotopic (exact) mass is 612 g/mol. The Hall–Kier alpha value is 0.0544. The summed E-state index contributed by atoms with van der Waals surface area (Å²) in [5.41, 5.74) is 0. The predicted octanol–water partition coefficient (Wildman–Crippen LogP) is 6.26. The van der Waals surface area contributed by atoms with E-state index in [1.54, 1.807) is 13.0 Å². The third-order valence-electron chi connectivity index (χ3n) is 5.26. The van der Waals surface area contributed by atoms with E-state index in [1.807, 2.05) is 0 Å². The molecule has 1 N–H and O–H groups in total. The Morgan fingerprint density at radius 2 is 1.22 bits per heavy atom. The predicted molar refractivity (Wildman–Crippen MR) is 163 cm³/mol. The Bertz CT molecular complexity index is 699. The molecule has 0 aliphatic rings. The summed E-state index contributed by atoms with van der Waals surface area (Å²) in [5.74, 6) is -0.465. The third kappa shape index (κ3) is 19.7. The van der Waals surface area contributed by atoms with Gasteiger partial charge in [0, 0.05) is 12.7 Å². The van der Waals surface area contributed by atoms with Crippen LogP contribution in [-0.2, 0) is 30.7 Å². The highest BCUT2D eigenvalue weighted by Gasteiger charge is 2.45. The zero-order valence-corrected chi connectivity index (χ0v) is 30.7. The van der Waals surface area contributed by atoms with E-state index >= 15 is 0 Å². The lowest BCUT2D eigenvalue weighted by Crippen LogP contribution is -2.58. The fourth-order valence-electron chi connectivity index (χ4n) is 4.51. The largest absolute Gasteiger partial charge is 0.460 e. The molecule has 0 aromatic heterocycles. The van der Waals surface area contributed by atoms with Crippen molar-refractivity contribution < 1.29 is 35.8 Å². The SMILES string of the molecule is CC=CC(=O)OCC(O)COCCC[Si](C)(C)O[Si](C)(C)O[Si](C)(C)O[Si](C)(C)O[Si](C)(C)CCCC. The summed E-state index contributed by atoms with van der Waals surface area (Å²) in [6.07, 6.45) is 5.30. The Morgan fingerprint density at radius 1 is 0.757 bits per heavy atom. The van der Waals surface area contributed by atoms with Gasteiger partial charge in [0.1, 0.15) is 12.7 Å². The van der Waals surface area contributed by atoms with Gasteiger partial charge in [-0.05, 0) is 90.9 Å². The Kier molecular flexibility index (Phi) is 16.4. The molecule has 0 saturated carbocycles. The van der Waals surface area contributed by atoms with Gasteiger partial charge in [0.25, 0.3) is 0 Å². The zero-order chi connectivity index (χ0) is 29.0. The summed E-state index contributed by atoms with van der Waals surface area (Å²) in [5, 5.41) is 9.90. The molecule has 0 saturated heterocycles. The van der Waals surface area contributed by atoms with Crippen LogP contribution in [0.1, 0.15) is 33.1 Å². The van der Waals surface area contributed by atoms with Crippen molar-refractivity contribution in [2.75, 3.05) is 19.8 Å². The molecule has 0 aliphatic carbocycles. The molecule has 220 valence electrons. The van der Waals surface area contributed by atoms with E-state index in [2.05, 4.69) is 72.4 Å². The van der Waals surface area contributed by atoms with Crippen LogP contribution in [0.2, 0.25) is 77.6 Å². The van der Waals surface area contributed by atoms with Crippen LogP contribution < -0.4 is 0 Å². The molecule has 37 heavy (non-hydrogen) atoms. The molecule has 0 rings (SSSR count). The van der Waals surface area contributed by atoms with Gasteiger partial charge >= 0.3 is 31.7 Å². The molecule has 0 aromatic rings. The number of esters is 1. The highest BCUT2D eigenvalue weighted by Crippen LogP contribution is 2.28.